The maximum atomic E-state index is 13.9. The van der Waals surface area contributed by atoms with E-state index >= 15 is 0 Å². The molecule has 37 heavy (non-hydrogen) atoms. The van der Waals surface area contributed by atoms with Gasteiger partial charge in [0.2, 0.25) is 0 Å². The van der Waals surface area contributed by atoms with Crippen molar-refractivity contribution in [1.82, 2.24) is 15.2 Å². The van der Waals surface area contributed by atoms with Gasteiger partial charge in [-0.3, -0.25) is 14.7 Å². The van der Waals surface area contributed by atoms with Crippen LogP contribution in [0.25, 0.3) is 0 Å². The quantitative estimate of drug-likeness (QED) is 0.450. The predicted molar refractivity (Wildman–Crippen MR) is 139 cm³/mol. The average Bonchev–Trinajstić information content (AvgIpc) is 3.36. The first-order valence-corrected chi connectivity index (χ1v) is 14.7. The summed E-state index contributed by atoms with van der Waals surface area (Å²) < 4.78 is 44.5. The third kappa shape index (κ3) is 5.61. The third-order valence-corrected chi connectivity index (χ3v) is 9.80. The molecule has 14 heteroatoms. The van der Waals surface area contributed by atoms with Crippen molar-refractivity contribution in [2.75, 3.05) is 25.4 Å². The monoisotopic (exact) mass is 614 g/mol. The van der Waals surface area contributed by atoms with Gasteiger partial charge in [-0.05, 0) is 31.5 Å². The van der Waals surface area contributed by atoms with Gasteiger partial charge in [-0.15, -0.1) is 11.3 Å². The zero-order chi connectivity index (χ0) is 26.9. The van der Waals surface area contributed by atoms with Crippen molar-refractivity contribution in [3.8, 4) is 0 Å². The number of benzene rings is 1. The molecule has 0 saturated carbocycles. The molecule has 0 aliphatic carbocycles. The summed E-state index contributed by atoms with van der Waals surface area (Å²) in [4.78, 5) is 35.9. The highest BCUT2D eigenvalue weighted by atomic mass is 79.9. The van der Waals surface area contributed by atoms with Crippen LogP contribution in [0.5, 0.6) is 0 Å². The van der Waals surface area contributed by atoms with E-state index in [1.165, 1.54) is 41.4 Å². The summed E-state index contributed by atoms with van der Waals surface area (Å²) in [5, 5.41) is 14.1. The highest BCUT2D eigenvalue weighted by Crippen LogP contribution is 2.37. The van der Waals surface area contributed by atoms with Crippen LogP contribution in [0.2, 0.25) is 0 Å². The molecule has 198 valence electrons. The number of carbonyl (C=O) groups excluding carboxylic acids is 1. The first-order valence-electron chi connectivity index (χ1n) is 11.3. The summed E-state index contributed by atoms with van der Waals surface area (Å²) in [6.07, 6.45) is 1.59. The lowest BCUT2D eigenvalue weighted by Gasteiger charge is -2.38. The molecule has 1 saturated heterocycles. The normalized spacial score (nSPS) is 23.8. The van der Waals surface area contributed by atoms with Crippen molar-refractivity contribution in [1.29, 1.82) is 0 Å². The van der Waals surface area contributed by atoms with E-state index in [-0.39, 0.29) is 31.0 Å². The van der Waals surface area contributed by atoms with E-state index in [0.717, 1.165) is 0 Å². The van der Waals surface area contributed by atoms with Crippen LogP contribution in [0.1, 0.15) is 30.5 Å². The molecule has 1 aromatic carbocycles. The number of aromatic nitrogens is 1. The second kappa shape index (κ2) is 11.0. The number of amidine groups is 1. The molecule has 0 amide bonds. The fraction of sp³-hybridized carbons (Fsp3) is 0.391. The molecular formula is C23H24BrFN4O6S2. The molecule has 10 nitrogen and oxygen atoms in total. The highest BCUT2D eigenvalue weighted by molar-refractivity contribution is 9.10. The maximum absolute atomic E-state index is 13.9. The Morgan fingerprint density at radius 3 is 2.76 bits per heavy atom. The van der Waals surface area contributed by atoms with E-state index in [1.807, 2.05) is 0 Å². The smallest absolute Gasteiger partial charge is 0.338 e. The number of rotatable bonds is 7. The number of sulfone groups is 1. The van der Waals surface area contributed by atoms with Crippen molar-refractivity contribution >= 4 is 54.9 Å². The molecule has 1 fully saturated rings. The Morgan fingerprint density at radius 2 is 2.14 bits per heavy atom. The Hall–Kier alpha value is -2.68. The van der Waals surface area contributed by atoms with Crippen LogP contribution in [0, 0.1) is 5.82 Å². The molecule has 2 aliphatic rings. The number of hydrogen-bond donors (Lipinski definition) is 2. The Morgan fingerprint density at radius 1 is 1.38 bits per heavy atom. The second-order valence-electron chi connectivity index (χ2n) is 8.45. The molecule has 2 aliphatic heterocycles. The topological polar surface area (TPSA) is 138 Å². The molecule has 0 bridgehead atoms. The lowest BCUT2D eigenvalue weighted by Crippen LogP contribution is -2.58. The molecule has 2 unspecified atom stereocenters. The van der Waals surface area contributed by atoms with Crippen molar-refractivity contribution in [3.63, 3.8) is 0 Å². The number of nitrogens with zero attached hydrogens (tertiary/aromatic N) is 3. The fourth-order valence-electron chi connectivity index (χ4n) is 4.37. The van der Waals surface area contributed by atoms with Gasteiger partial charge in [0.05, 0.1) is 23.2 Å². The van der Waals surface area contributed by atoms with E-state index in [4.69, 9.17) is 9.73 Å². The average molecular weight is 616 g/mol. The summed E-state index contributed by atoms with van der Waals surface area (Å²) in [5.41, 5.74) is 0.902. The van der Waals surface area contributed by atoms with Crippen molar-refractivity contribution in [3.05, 3.63) is 61.9 Å². The van der Waals surface area contributed by atoms with Gasteiger partial charge in [-0.1, -0.05) is 22.0 Å². The summed E-state index contributed by atoms with van der Waals surface area (Å²) in [6, 6.07) is 1.76. The zero-order valence-corrected chi connectivity index (χ0v) is 23.1. The predicted octanol–water partition coefficient (Wildman–Crippen LogP) is 2.53. The maximum Gasteiger partial charge on any atom is 0.338 e. The van der Waals surface area contributed by atoms with Crippen LogP contribution < -0.4 is 5.32 Å². The van der Waals surface area contributed by atoms with E-state index in [1.54, 1.807) is 18.5 Å². The summed E-state index contributed by atoms with van der Waals surface area (Å²) in [5.74, 6) is -2.33. The number of carboxylic acids is 1. The van der Waals surface area contributed by atoms with Crippen molar-refractivity contribution in [2.45, 2.75) is 31.2 Å². The Balaban J connectivity index is 1.85. The Labute approximate surface area is 225 Å². The molecule has 2 N–H and O–H groups in total. The van der Waals surface area contributed by atoms with Gasteiger partial charge in [0.1, 0.15) is 17.9 Å². The molecule has 3 atom stereocenters. The van der Waals surface area contributed by atoms with Crippen LogP contribution in [-0.4, -0.2) is 77.9 Å². The number of aliphatic imine (C=N–C) groups is 1. The SMILES string of the molecule is CCOC(=O)C1=C(CN2CCS(=O)(=O)C(C)C2C(=O)O)NC(c2nccs2)=N[C@H]1c1ccc(F)cc1Br. The van der Waals surface area contributed by atoms with Crippen molar-refractivity contribution in [2.24, 2.45) is 4.99 Å². The largest absolute Gasteiger partial charge is 0.480 e. The van der Waals surface area contributed by atoms with Gasteiger partial charge in [0.15, 0.2) is 20.7 Å². The molecule has 2 aromatic rings. The fourth-order valence-corrected chi connectivity index (χ4v) is 7.06. The number of carbonyl (C=O) groups is 2. The standard InChI is InChI=1S/C23H24BrFN4O6S2/c1-3-35-23(32)17-16(11-29-7-9-37(33,34)12(2)19(29)22(30)31)27-20(21-26-6-8-36-21)28-18(17)14-5-4-13(25)10-15(14)24/h4-6,8,10,12,18-19H,3,7,9,11H2,1-2H3,(H,27,28)(H,30,31)/t12?,18-,19?/m0/s1. The number of thiazole rings is 1. The van der Waals surface area contributed by atoms with Gasteiger partial charge < -0.3 is 15.2 Å². The third-order valence-electron chi connectivity index (χ3n) is 6.20. The van der Waals surface area contributed by atoms with Gasteiger partial charge in [-0.2, -0.15) is 0 Å². The van der Waals surface area contributed by atoms with Gasteiger partial charge >= 0.3 is 11.9 Å². The number of esters is 1. The first kappa shape index (κ1) is 27.4. The van der Waals surface area contributed by atoms with Crippen molar-refractivity contribution < 1.29 is 32.2 Å². The minimum Gasteiger partial charge on any atom is -0.480 e. The summed E-state index contributed by atoms with van der Waals surface area (Å²) in [7, 11) is -3.60. The Bertz CT molecular complexity index is 1380. The minimum absolute atomic E-state index is 0.0421. The first-order chi connectivity index (χ1) is 17.5. The number of halogens is 2. The van der Waals surface area contributed by atoms with E-state index < -0.39 is 44.9 Å². The summed E-state index contributed by atoms with van der Waals surface area (Å²) >= 11 is 4.67. The second-order valence-corrected chi connectivity index (χ2v) is 12.7. The van der Waals surface area contributed by atoms with E-state index in [0.29, 0.717) is 26.6 Å². The molecule has 1 aromatic heterocycles. The van der Waals surface area contributed by atoms with E-state index in [2.05, 4.69) is 26.2 Å². The molecule has 0 spiro atoms. The minimum atomic E-state index is -3.60. The number of ether oxygens (including phenoxy) is 1. The zero-order valence-electron chi connectivity index (χ0n) is 19.8. The van der Waals surface area contributed by atoms with Gasteiger partial charge in [0, 0.05) is 34.8 Å². The van der Waals surface area contributed by atoms with Gasteiger partial charge in [-0.25, -0.2) is 22.6 Å². The number of hydrogen-bond acceptors (Lipinski definition) is 10. The molecular weight excluding hydrogens is 591 g/mol. The van der Waals surface area contributed by atoms with Crippen LogP contribution in [0.3, 0.4) is 0 Å². The Kier molecular flexibility index (Phi) is 8.11. The number of aliphatic carboxylic acids is 1. The lowest BCUT2D eigenvalue weighted by molar-refractivity contribution is -0.143. The van der Waals surface area contributed by atoms with E-state index in [9.17, 15) is 27.5 Å². The van der Waals surface area contributed by atoms with Gasteiger partial charge in [0.25, 0.3) is 0 Å². The van der Waals surface area contributed by atoms with Crippen LogP contribution in [0.4, 0.5) is 4.39 Å². The number of nitrogens with one attached hydrogen (secondary N) is 1. The number of carboxylic acid groups (broad SMARTS) is 1. The van der Waals surface area contributed by atoms with Crippen LogP contribution in [-0.2, 0) is 24.2 Å². The molecule has 4 rings (SSSR count). The molecule has 3 heterocycles. The molecule has 0 radical (unpaired) electrons. The highest BCUT2D eigenvalue weighted by Gasteiger charge is 2.44. The summed E-state index contributed by atoms with van der Waals surface area (Å²) in [6.45, 7) is 2.96. The van der Waals surface area contributed by atoms with Crippen LogP contribution in [0.15, 0.2) is 50.5 Å². The van der Waals surface area contributed by atoms with Crippen LogP contribution >= 0.6 is 27.3 Å². The lowest BCUT2D eigenvalue weighted by atomic mass is 9.95.